The van der Waals surface area contributed by atoms with Gasteiger partial charge < -0.3 is 0 Å². The van der Waals surface area contributed by atoms with Crippen LogP contribution in [0.15, 0.2) is 30.3 Å². The molecule has 2 nitrogen and oxygen atoms in total. The number of halogens is 3. The van der Waals surface area contributed by atoms with Gasteiger partial charge in [0.15, 0.2) is 0 Å². The lowest BCUT2D eigenvalue weighted by Gasteiger charge is -2.20. The van der Waals surface area contributed by atoms with Gasteiger partial charge >= 0.3 is 6.18 Å². The van der Waals surface area contributed by atoms with Crippen LogP contribution in [0, 0.1) is 0 Å². The summed E-state index contributed by atoms with van der Waals surface area (Å²) in [6.45, 7) is 0. The number of thiophene rings is 1. The van der Waals surface area contributed by atoms with Gasteiger partial charge in [0, 0.05) is 9.75 Å². The molecule has 0 bridgehead atoms. The monoisotopic (exact) mass is 312 g/mol. The first-order valence-corrected chi connectivity index (χ1v) is 7.56. The van der Waals surface area contributed by atoms with E-state index >= 15 is 0 Å². The molecule has 3 N–H and O–H groups in total. The van der Waals surface area contributed by atoms with Crippen molar-refractivity contribution < 1.29 is 13.2 Å². The van der Waals surface area contributed by atoms with Crippen LogP contribution in [0.2, 0.25) is 0 Å². The molecule has 0 amide bonds. The van der Waals surface area contributed by atoms with Gasteiger partial charge in [0.05, 0.1) is 11.6 Å². The van der Waals surface area contributed by atoms with Crippen molar-refractivity contribution in [2.24, 2.45) is 5.84 Å². The van der Waals surface area contributed by atoms with E-state index in [-0.39, 0.29) is 5.56 Å². The van der Waals surface area contributed by atoms with Crippen LogP contribution < -0.4 is 11.3 Å². The van der Waals surface area contributed by atoms with Crippen LogP contribution in [0.5, 0.6) is 0 Å². The Kier molecular flexibility index (Phi) is 3.77. The lowest BCUT2D eigenvalue weighted by Crippen LogP contribution is -2.30. The molecule has 0 saturated heterocycles. The zero-order chi connectivity index (χ0) is 15.0. The van der Waals surface area contributed by atoms with Crippen LogP contribution in [0.4, 0.5) is 13.2 Å². The number of nitrogens with two attached hydrogens (primary N) is 1. The highest BCUT2D eigenvalue weighted by atomic mass is 32.1. The van der Waals surface area contributed by atoms with E-state index in [1.54, 1.807) is 17.4 Å². The number of nitrogens with one attached hydrogen (secondary N) is 1. The number of alkyl halides is 3. The third kappa shape index (κ3) is 2.71. The summed E-state index contributed by atoms with van der Waals surface area (Å²) in [6, 6.07) is 6.95. The molecule has 0 spiro atoms. The Morgan fingerprint density at radius 3 is 2.62 bits per heavy atom. The number of aryl methyl sites for hydroxylation is 2. The molecule has 0 saturated carbocycles. The van der Waals surface area contributed by atoms with Crippen molar-refractivity contribution in [3.8, 4) is 0 Å². The van der Waals surface area contributed by atoms with Crippen molar-refractivity contribution in [2.45, 2.75) is 31.5 Å². The maximum atomic E-state index is 13.2. The predicted octanol–water partition coefficient (Wildman–Crippen LogP) is 3.81. The molecule has 6 heteroatoms. The standard InChI is InChI=1S/C15H15F3N2S/c16-15(17,18)11-6-2-1-5-10(11)14(20-19)13-8-9-4-3-7-12(9)21-13/h1-2,5-6,8,14,20H,3-4,7,19H2. The average molecular weight is 312 g/mol. The second kappa shape index (κ2) is 5.44. The zero-order valence-electron chi connectivity index (χ0n) is 11.2. The van der Waals surface area contributed by atoms with Gasteiger partial charge in [-0.15, -0.1) is 11.3 Å². The lowest BCUT2D eigenvalue weighted by atomic mass is 9.98. The Morgan fingerprint density at radius 1 is 1.19 bits per heavy atom. The lowest BCUT2D eigenvalue weighted by molar-refractivity contribution is -0.138. The van der Waals surface area contributed by atoms with Crippen LogP contribution in [-0.2, 0) is 19.0 Å². The van der Waals surface area contributed by atoms with Gasteiger partial charge in [-0.25, -0.2) is 5.43 Å². The van der Waals surface area contributed by atoms with Gasteiger partial charge in [-0.05, 0) is 42.5 Å². The zero-order valence-corrected chi connectivity index (χ0v) is 12.0. The maximum Gasteiger partial charge on any atom is 0.416 e. The van der Waals surface area contributed by atoms with E-state index in [0.717, 1.165) is 30.2 Å². The first kappa shape index (κ1) is 14.6. The minimum Gasteiger partial charge on any atom is -0.271 e. The highest BCUT2D eigenvalue weighted by molar-refractivity contribution is 7.12. The summed E-state index contributed by atoms with van der Waals surface area (Å²) in [5.74, 6) is 5.56. The Bertz CT molecular complexity index is 627. The molecule has 0 radical (unpaired) electrons. The van der Waals surface area contributed by atoms with Crippen LogP contribution in [-0.4, -0.2) is 0 Å². The Labute approximate surface area is 124 Å². The molecule has 3 rings (SSSR count). The van der Waals surface area contributed by atoms with Crippen LogP contribution in [0.1, 0.15) is 38.9 Å². The average Bonchev–Trinajstić information content (AvgIpc) is 3.00. The summed E-state index contributed by atoms with van der Waals surface area (Å²) in [7, 11) is 0. The van der Waals surface area contributed by atoms with E-state index in [9.17, 15) is 13.2 Å². The van der Waals surface area contributed by atoms with E-state index in [4.69, 9.17) is 5.84 Å². The van der Waals surface area contributed by atoms with E-state index < -0.39 is 17.8 Å². The number of benzene rings is 1. The summed E-state index contributed by atoms with van der Waals surface area (Å²) in [5, 5.41) is 0. The van der Waals surface area contributed by atoms with E-state index in [1.807, 2.05) is 6.07 Å². The fraction of sp³-hybridized carbons (Fsp3) is 0.333. The second-order valence-corrected chi connectivity index (χ2v) is 6.30. The van der Waals surface area contributed by atoms with E-state index in [1.165, 1.54) is 22.6 Å². The molecule has 21 heavy (non-hydrogen) atoms. The fourth-order valence-corrected chi connectivity index (χ4v) is 4.16. The van der Waals surface area contributed by atoms with Crippen molar-refractivity contribution in [1.82, 2.24) is 5.43 Å². The highest BCUT2D eigenvalue weighted by Crippen LogP contribution is 2.40. The number of rotatable bonds is 3. The highest BCUT2D eigenvalue weighted by Gasteiger charge is 2.35. The summed E-state index contributed by atoms with van der Waals surface area (Å²) < 4.78 is 39.5. The minimum atomic E-state index is -4.38. The first-order chi connectivity index (χ1) is 10.0. The molecule has 2 aromatic rings. The Hall–Kier alpha value is -1.37. The summed E-state index contributed by atoms with van der Waals surface area (Å²) in [4.78, 5) is 2.12. The van der Waals surface area contributed by atoms with Gasteiger partial charge in [-0.2, -0.15) is 13.2 Å². The number of fused-ring (bicyclic) bond motifs is 1. The van der Waals surface area contributed by atoms with Crippen molar-refractivity contribution in [2.75, 3.05) is 0 Å². The van der Waals surface area contributed by atoms with E-state index in [2.05, 4.69) is 5.43 Å². The third-order valence-corrected chi connectivity index (χ3v) is 5.10. The number of hydrogen-bond acceptors (Lipinski definition) is 3. The van der Waals surface area contributed by atoms with Crippen molar-refractivity contribution >= 4 is 11.3 Å². The van der Waals surface area contributed by atoms with Crippen LogP contribution in [0.3, 0.4) is 0 Å². The number of hydrazine groups is 1. The van der Waals surface area contributed by atoms with Gasteiger partial charge in [-0.1, -0.05) is 18.2 Å². The second-order valence-electron chi connectivity index (χ2n) is 5.14. The molecule has 0 aliphatic heterocycles. The molecular weight excluding hydrogens is 297 g/mol. The molecule has 1 heterocycles. The van der Waals surface area contributed by atoms with Gasteiger partial charge in [-0.3, -0.25) is 5.84 Å². The molecule has 112 valence electrons. The molecule has 1 aliphatic carbocycles. The molecule has 1 aromatic heterocycles. The van der Waals surface area contributed by atoms with Crippen LogP contribution >= 0.6 is 11.3 Å². The first-order valence-electron chi connectivity index (χ1n) is 6.74. The number of hydrogen-bond donors (Lipinski definition) is 2. The largest absolute Gasteiger partial charge is 0.416 e. The SMILES string of the molecule is NNC(c1cc2c(s1)CCC2)c1ccccc1C(F)(F)F. The molecule has 1 aromatic carbocycles. The van der Waals surface area contributed by atoms with Crippen molar-refractivity contribution in [3.63, 3.8) is 0 Å². The van der Waals surface area contributed by atoms with Crippen LogP contribution in [0.25, 0.3) is 0 Å². The fourth-order valence-electron chi connectivity index (χ4n) is 2.83. The molecular formula is C15H15F3N2S. The normalized spacial score (nSPS) is 16.0. The molecule has 0 fully saturated rings. The summed E-state index contributed by atoms with van der Waals surface area (Å²) >= 11 is 1.56. The topological polar surface area (TPSA) is 38.0 Å². The van der Waals surface area contributed by atoms with Gasteiger partial charge in [0.25, 0.3) is 0 Å². The Morgan fingerprint density at radius 2 is 1.95 bits per heavy atom. The maximum absolute atomic E-state index is 13.2. The molecule has 1 aliphatic rings. The predicted molar refractivity (Wildman–Crippen MR) is 77.0 cm³/mol. The Balaban J connectivity index is 2.04. The summed E-state index contributed by atoms with van der Waals surface area (Å²) in [5.41, 5.74) is 3.33. The van der Waals surface area contributed by atoms with Gasteiger partial charge in [0.1, 0.15) is 0 Å². The van der Waals surface area contributed by atoms with Crippen molar-refractivity contribution in [1.29, 1.82) is 0 Å². The quantitative estimate of drug-likeness (QED) is 0.668. The summed E-state index contributed by atoms with van der Waals surface area (Å²) in [6.07, 6.45) is -1.24. The smallest absolute Gasteiger partial charge is 0.271 e. The molecule has 1 atom stereocenters. The van der Waals surface area contributed by atoms with Gasteiger partial charge in [0.2, 0.25) is 0 Å². The third-order valence-electron chi connectivity index (χ3n) is 3.79. The molecule has 1 unspecified atom stereocenters. The van der Waals surface area contributed by atoms with Crippen molar-refractivity contribution in [3.05, 3.63) is 56.8 Å². The minimum absolute atomic E-state index is 0.174. The van der Waals surface area contributed by atoms with E-state index in [0.29, 0.717) is 0 Å².